The van der Waals surface area contributed by atoms with Crippen LogP contribution in [0.4, 0.5) is 13.2 Å². The molecule has 8 heteroatoms. The van der Waals surface area contributed by atoms with E-state index in [-0.39, 0.29) is 17.9 Å². The van der Waals surface area contributed by atoms with Gasteiger partial charge in [-0.1, -0.05) is 11.6 Å². The Balaban J connectivity index is 2.79. The van der Waals surface area contributed by atoms with E-state index in [0.29, 0.717) is 18.8 Å². The normalized spacial score (nSPS) is 15.5. The summed E-state index contributed by atoms with van der Waals surface area (Å²) in [7, 11) is 3.79. The second-order valence-electron chi connectivity index (χ2n) is 5.61. The third-order valence-corrected chi connectivity index (χ3v) is 3.46. The highest BCUT2D eigenvalue weighted by Crippen LogP contribution is 2.34. The lowest BCUT2D eigenvalue weighted by atomic mass is 9.95. The van der Waals surface area contributed by atoms with Gasteiger partial charge in [0.05, 0.1) is 23.5 Å². The Hall–Kier alpha value is -0.790. The van der Waals surface area contributed by atoms with Gasteiger partial charge in [0, 0.05) is 13.0 Å². The summed E-state index contributed by atoms with van der Waals surface area (Å²) in [6.45, 7) is 2.66. The summed E-state index contributed by atoms with van der Waals surface area (Å²) in [5.74, 6) is 0. The maximum Gasteiger partial charge on any atom is 0.389 e. The molecule has 21 heavy (non-hydrogen) atoms. The molecule has 1 rings (SSSR count). The summed E-state index contributed by atoms with van der Waals surface area (Å²) < 4.78 is 38.2. The fourth-order valence-corrected chi connectivity index (χ4v) is 2.46. The lowest BCUT2D eigenvalue weighted by molar-refractivity contribution is -0.138. The zero-order valence-corrected chi connectivity index (χ0v) is 13.2. The molecule has 0 amide bonds. The van der Waals surface area contributed by atoms with Gasteiger partial charge in [0.15, 0.2) is 0 Å². The van der Waals surface area contributed by atoms with E-state index in [2.05, 4.69) is 5.10 Å². The Bertz CT molecular complexity index is 458. The molecule has 0 saturated carbocycles. The van der Waals surface area contributed by atoms with Gasteiger partial charge in [-0.05, 0) is 33.9 Å². The summed E-state index contributed by atoms with van der Waals surface area (Å²) in [6.07, 6.45) is -3.92. The molecular formula is C13H21ClF3N3O. The zero-order chi connectivity index (χ0) is 16.3. The van der Waals surface area contributed by atoms with E-state index >= 15 is 0 Å². The molecule has 0 fully saturated rings. The molecule has 1 aromatic heterocycles. The largest absolute Gasteiger partial charge is 0.389 e. The summed E-state index contributed by atoms with van der Waals surface area (Å²) in [6, 6.07) is 0. The maximum atomic E-state index is 12.2. The van der Waals surface area contributed by atoms with Gasteiger partial charge in [0.1, 0.15) is 5.60 Å². The van der Waals surface area contributed by atoms with Crippen LogP contribution in [-0.4, -0.2) is 46.6 Å². The van der Waals surface area contributed by atoms with Gasteiger partial charge in [-0.25, -0.2) is 0 Å². The van der Waals surface area contributed by atoms with Crippen molar-refractivity contribution in [3.05, 3.63) is 16.9 Å². The molecule has 0 aromatic carbocycles. The smallest absolute Gasteiger partial charge is 0.384 e. The first-order chi connectivity index (χ1) is 9.53. The summed E-state index contributed by atoms with van der Waals surface area (Å²) in [4.78, 5) is 1.94. The molecule has 4 nitrogen and oxygen atoms in total. The van der Waals surface area contributed by atoms with Gasteiger partial charge in [0.2, 0.25) is 0 Å². The van der Waals surface area contributed by atoms with Gasteiger partial charge in [-0.2, -0.15) is 18.3 Å². The van der Waals surface area contributed by atoms with Crippen molar-refractivity contribution in [1.29, 1.82) is 0 Å². The first-order valence-corrected chi connectivity index (χ1v) is 7.06. The first-order valence-electron chi connectivity index (χ1n) is 6.68. The van der Waals surface area contributed by atoms with Crippen LogP contribution >= 0.6 is 11.6 Å². The third-order valence-electron chi connectivity index (χ3n) is 3.19. The minimum atomic E-state index is -4.22. The Morgan fingerprint density at radius 1 is 1.33 bits per heavy atom. The average molecular weight is 328 g/mol. The number of halogens is 4. The van der Waals surface area contributed by atoms with Crippen molar-refractivity contribution in [2.75, 3.05) is 20.6 Å². The molecule has 122 valence electrons. The standard InChI is InChI=1S/C13H21ClF3N3O/c1-12(21,5-4-6-13(15,16)17)11-10(14)9-18-20(11)8-7-19(2)3/h9,21H,4-8H2,1-3H3. The van der Waals surface area contributed by atoms with Gasteiger partial charge >= 0.3 is 6.18 Å². The topological polar surface area (TPSA) is 41.3 Å². The Kier molecular flexibility index (Phi) is 6.07. The third kappa shape index (κ3) is 5.84. The second-order valence-corrected chi connectivity index (χ2v) is 6.02. The van der Waals surface area contributed by atoms with Crippen molar-refractivity contribution in [2.24, 2.45) is 0 Å². The number of aromatic nitrogens is 2. The van der Waals surface area contributed by atoms with E-state index in [4.69, 9.17) is 11.6 Å². The van der Waals surface area contributed by atoms with E-state index in [1.807, 2.05) is 19.0 Å². The van der Waals surface area contributed by atoms with Crippen LogP contribution in [0.5, 0.6) is 0 Å². The zero-order valence-electron chi connectivity index (χ0n) is 12.4. The molecule has 0 bridgehead atoms. The molecule has 0 aliphatic heterocycles. The number of rotatable bonds is 7. The molecule has 1 aromatic rings. The van der Waals surface area contributed by atoms with Crippen LogP contribution < -0.4 is 0 Å². The van der Waals surface area contributed by atoms with Crippen LogP contribution in [0.15, 0.2) is 6.20 Å². The van der Waals surface area contributed by atoms with Crippen LogP contribution in [0.2, 0.25) is 5.02 Å². The van der Waals surface area contributed by atoms with E-state index in [9.17, 15) is 18.3 Å². The van der Waals surface area contributed by atoms with Crippen LogP contribution in [0.1, 0.15) is 31.9 Å². The van der Waals surface area contributed by atoms with E-state index < -0.39 is 18.2 Å². The van der Waals surface area contributed by atoms with E-state index in [1.54, 1.807) is 4.68 Å². The fraction of sp³-hybridized carbons (Fsp3) is 0.769. The SMILES string of the molecule is CN(C)CCn1ncc(Cl)c1C(C)(O)CCCC(F)(F)F. The highest BCUT2D eigenvalue weighted by Gasteiger charge is 2.33. The van der Waals surface area contributed by atoms with Crippen molar-refractivity contribution in [2.45, 2.75) is 44.5 Å². The monoisotopic (exact) mass is 327 g/mol. The summed E-state index contributed by atoms with van der Waals surface area (Å²) in [5, 5.41) is 14.8. The minimum Gasteiger partial charge on any atom is -0.384 e. The maximum absolute atomic E-state index is 12.2. The number of nitrogens with zero attached hydrogens (tertiary/aromatic N) is 3. The van der Waals surface area contributed by atoms with Crippen LogP contribution in [0.3, 0.4) is 0 Å². The number of hydrogen-bond acceptors (Lipinski definition) is 3. The molecule has 1 unspecified atom stereocenters. The molecule has 1 heterocycles. The van der Waals surface area contributed by atoms with Crippen LogP contribution in [0.25, 0.3) is 0 Å². The number of aliphatic hydroxyl groups is 1. The van der Waals surface area contributed by atoms with Crippen LogP contribution in [0, 0.1) is 0 Å². The predicted octanol–water partition coefficient (Wildman–Crippen LogP) is 3.04. The fourth-order valence-electron chi connectivity index (χ4n) is 2.11. The Morgan fingerprint density at radius 3 is 2.48 bits per heavy atom. The lowest BCUT2D eigenvalue weighted by Gasteiger charge is -2.25. The van der Waals surface area contributed by atoms with E-state index in [0.717, 1.165) is 0 Å². The molecular weight excluding hydrogens is 307 g/mol. The number of alkyl halides is 3. The molecule has 0 aliphatic carbocycles. The molecule has 0 aliphatic rings. The number of likely N-dealkylation sites (N-methyl/N-ethyl adjacent to an activating group) is 1. The minimum absolute atomic E-state index is 0.0279. The summed E-state index contributed by atoms with van der Waals surface area (Å²) >= 11 is 6.03. The Morgan fingerprint density at radius 2 is 1.95 bits per heavy atom. The molecule has 1 atom stereocenters. The van der Waals surface area contributed by atoms with Gasteiger partial charge < -0.3 is 10.0 Å². The lowest BCUT2D eigenvalue weighted by Crippen LogP contribution is -2.29. The van der Waals surface area contributed by atoms with Crippen molar-refractivity contribution < 1.29 is 18.3 Å². The van der Waals surface area contributed by atoms with Crippen molar-refractivity contribution in [3.8, 4) is 0 Å². The average Bonchev–Trinajstić information content (AvgIpc) is 2.66. The van der Waals surface area contributed by atoms with Crippen LogP contribution in [-0.2, 0) is 12.1 Å². The quantitative estimate of drug-likeness (QED) is 0.837. The molecule has 0 radical (unpaired) electrons. The highest BCUT2D eigenvalue weighted by atomic mass is 35.5. The van der Waals surface area contributed by atoms with Crippen molar-refractivity contribution in [1.82, 2.24) is 14.7 Å². The first kappa shape index (κ1) is 18.3. The van der Waals surface area contributed by atoms with Gasteiger partial charge in [-0.15, -0.1) is 0 Å². The predicted molar refractivity (Wildman–Crippen MR) is 75.3 cm³/mol. The van der Waals surface area contributed by atoms with Crippen molar-refractivity contribution >= 4 is 11.6 Å². The van der Waals surface area contributed by atoms with Gasteiger partial charge in [0.25, 0.3) is 0 Å². The molecule has 0 saturated heterocycles. The molecule has 0 spiro atoms. The van der Waals surface area contributed by atoms with E-state index in [1.165, 1.54) is 13.1 Å². The van der Waals surface area contributed by atoms with Crippen molar-refractivity contribution in [3.63, 3.8) is 0 Å². The summed E-state index contributed by atoms with van der Waals surface area (Å²) in [5.41, 5.74) is -1.07. The second kappa shape index (κ2) is 6.98. The Labute approximate surface area is 127 Å². The highest BCUT2D eigenvalue weighted by molar-refractivity contribution is 6.31. The van der Waals surface area contributed by atoms with Gasteiger partial charge in [-0.3, -0.25) is 4.68 Å². The number of hydrogen-bond donors (Lipinski definition) is 1. The molecule has 1 N–H and O–H groups in total.